The molecule has 0 saturated heterocycles. The Bertz CT molecular complexity index is 1310. The maximum Gasteiger partial charge on any atom is 0.367 e. The Morgan fingerprint density at radius 3 is 2.00 bits per heavy atom. The molecule has 0 spiro atoms. The summed E-state index contributed by atoms with van der Waals surface area (Å²) in [5.74, 6) is -4.17. The molecule has 11 heteroatoms. The van der Waals surface area contributed by atoms with Crippen molar-refractivity contribution in [1.29, 1.82) is 0 Å². The molecule has 0 bridgehead atoms. The number of aromatic amines is 1. The van der Waals surface area contributed by atoms with Crippen LogP contribution in [0.3, 0.4) is 0 Å². The largest absolute Gasteiger partial charge is 0.462 e. The zero-order valence-corrected chi connectivity index (χ0v) is 21.1. The normalized spacial score (nSPS) is 11.3. The van der Waals surface area contributed by atoms with Crippen molar-refractivity contribution >= 4 is 69.4 Å². The van der Waals surface area contributed by atoms with E-state index in [0.29, 0.717) is 10.0 Å². The summed E-state index contributed by atoms with van der Waals surface area (Å²) in [4.78, 5) is 55.5. The van der Waals surface area contributed by atoms with Crippen molar-refractivity contribution in [3.63, 3.8) is 0 Å². The van der Waals surface area contributed by atoms with Crippen LogP contribution >= 0.6 is 34.8 Å². The van der Waals surface area contributed by atoms with E-state index in [-0.39, 0.29) is 46.0 Å². The quantitative estimate of drug-likeness (QED) is 0.180. The van der Waals surface area contributed by atoms with Gasteiger partial charge in [0, 0.05) is 33.4 Å². The molecule has 3 rings (SSSR count). The summed E-state index contributed by atoms with van der Waals surface area (Å²) < 4.78 is 15.7. The number of aromatic nitrogens is 1. The lowest BCUT2D eigenvalue weighted by atomic mass is 9.88. The minimum absolute atomic E-state index is 0.0133. The van der Waals surface area contributed by atoms with Gasteiger partial charge in [-0.25, -0.2) is 9.59 Å². The van der Waals surface area contributed by atoms with Crippen LogP contribution in [0, 0.1) is 0 Å². The number of fused-ring (bicyclic) bond motifs is 1. The van der Waals surface area contributed by atoms with Gasteiger partial charge in [0.05, 0.1) is 29.5 Å². The van der Waals surface area contributed by atoms with Gasteiger partial charge in [-0.3, -0.25) is 9.59 Å². The van der Waals surface area contributed by atoms with Gasteiger partial charge in [-0.1, -0.05) is 40.9 Å². The molecule has 0 atom stereocenters. The summed E-state index contributed by atoms with van der Waals surface area (Å²) in [7, 11) is 0. The smallest absolute Gasteiger partial charge is 0.367 e. The maximum atomic E-state index is 13.7. The van der Waals surface area contributed by atoms with Crippen molar-refractivity contribution in [3.8, 4) is 0 Å². The van der Waals surface area contributed by atoms with Crippen LogP contribution in [0.2, 0.25) is 15.1 Å². The van der Waals surface area contributed by atoms with Gasteiger partial charge >= 0.3 is 23.5 Å². The van der Waals surface area contributed by atoms with Crippen LogP contribution in [-0.4, -0.2) is 41.9 Å². The van der Waals surface area contributed by atoms with Crippen molar-refractivity contribution in [3.05, 3.63) is 68.3 Å². The Labute approximate surface area is 215 Å². The molecular formula is C24H20Cl3NO7. The number of rotatable bonds is 8. The molecule has 1 aromatic heterocycles. The Morgan fingerprint density at radius 1 is 0.886 bits per heavy atom. The highest BCUT2D eigenvalue weighted by atomic mass is 35.5. The van der Waals surface area contributed by atoms with Crippen LogP contribution in [0.1, 0.15) is 42.4 Å². The standard InChI is InChI=1S/C24H20Cl3NO7/c1-4-33-22(31)24(35-12(3)29,23(32)34-5-2)19-16-9-7-14(26)11-18(16)28-20(19)21(30)15-8-6-13(25)10-17(15)27/h6-11,28H,4-5H2,1-3H3. The van der Waals surface area contributed by atoms with Crippen LogP contribution in [0.25, 0.3) is 10.9 Å². The first-order chi connectivity index (χ1) is 16.6. The van der Waals surface area contributed by atoms with E-state index < -0.39 is 29.3 Å². The van der Waals surface area contributed by atoms with E-state index in [9.17, 15) is 19.2 Å². The van der Waals surface area contributed by atoms with Crippen molar-refractivity contribution in [1.82, 2.24) is 4.98 Å². The van der Waals surface area contributed by atoms with Crippen molar-refractivity contribution in [2.24, 2.45) is 0 Å². The zero-order valence-electron chi connectivity index (χ0n) is 18.9. The van der Waals surface area contributed by atoms with E-state index in [0.717, 1.165) is 6.92 Å². The summed E-state index contributed by atoms with van der Waals surface area (Å²) in [6, 6.07) is 8.65. The van der Waals surface area contributed by atoms with Crippen LogP contribution in [0.15, 0.2) is 36.4 Å². The molecule has 1 N–H and O–H groups in total. The number of carbonyl (C=O) groups excluding carboxylic acids is 4. The first-order valence-corrected chi connectivity index (χ1v) is 11.6. The molecule has 8 nitrogen and oxygen atoms in total. The van der Waals surface area contributed by atoms with E-state index in [1.807, 2.05) is 0 Å². The van der Waals surface area contributed by atoms with Crippen LogP contribution < -0.4 is 0 Å². The van der Waals surface area contributed by atoms with Gasteiger partial charge in [-0.15, -0.1) is 0 Å². The molecule has 0 aliphatic rings. The van der Waals surface area contributed by atoms with Gasteiger partial charge in [-0.2, -0.15) is 0 Å². The molecule has 0 radical (unpaired) electrons. The number of ether oxygens (including phenoxy) is 3. The van der Waals surface area contributed by atoms with E-state index in [1.54, 1.807) is 0 Å². The highest BCUT2D eigenvalue weighted by molar-refractivity contribution is 6.38. The number of carbonyl (C=O) groups is 4. The Morgan fingerprint density at radius 2 is 1.46 bits per heavy atom. The van der Waals surface area contributed by atoms with Gasteiger partial charge in [0.25, 0.3) is 0 Å². The van der Waals surface area contributed by atoms with E-state index in [4.69, 9.17) is 49.0 Å². The second kappa shape index (κ2) is 10.7. The fourth-order valence-corrected chi connectivity index (χ4v) is 4.28. The van der Waals surface area contributed by atoms with E-state index in [2.05, 4.69) is 4.98 Å². The van der Waals surface area contributed by atoms with Gasteiger partial charge < -0.3 is 19.2 Å². The van der Waals surface area contributed by atoms with E-state index in [1.165, 1.54) is 50.2 Å². The van der Waals surface area contributed by atoms with E-state index >= 15 is 0 Å². The zero-order chi connectivity index (χ0) is 25.9. The lowest BCUT2D eigenvalue weighted by Gasteiger charge is -2.29. The molecule has 0 amide bonds. The molecule has 3 aromatic rings. The number of ketones is 1. The lowest BCUT2D eigenvalue weighted by molar-refractivity contribution is -0.197. The lowest BCUT2D eigenvalue weighted by Crippen LogP contribution is -2.50. The molecule has 2 aromatic carbocycles. The summed E-state index contributed by atoms with van der Waals surface area (Å²) in [5, 5.41) is 0.822. The highest BCUT2D eigenvalue weighted by Crippen LogP contribution is 2.40. The summed E-state index contributed by atoms with van der Waals surface area (Å²) in [6.45, 7) is 3.73. The number of H-pyrrole nitrogens is 1. The predicted molar refractivity (Wildman–Crippen MR) is 130 cm³/mol. The van der Waals surface area contributed by atoms with Gasteiger partial charge in [0.15, 0.2) is 0 Å². The number of hydrogen-bond acceptors (Lipinski definition) is 7. The molecule has 0 aliphatic heterocycles. The molecule has 0 fully saturated rings. The second-order valence-corrected chi connectivity index (χ2v) is 8.51. The SMILES string of the molecule is CCOC(=O)C(OC(C)=O)(C(=O)OCC)c1c(C(=O)c2ccc(Cl)cc2Cl)[nH]c2cc(Cl)ccc12. The first kappa shape index (κ1) is 26.5. The molecule has 0 unspecified atom stereocenters. The van der Waals surface area contributed by atoms with Crippen molar-refractivity contribution in [2.75, 3.05) is 13.2 Å². The first-order valence-electron chi connectivity index (χ1n) is 10.4. The highest BCUT2D eigenvalue weighted by Gasteiger charge is 2.58. The fraction of sp³-hybridized carbons (Fsp3) is 0.250. The summed E-state index contributed by atoms with van der Waals surface area (Å²) in [6.07, 6.45) is 0. The number of esters is 3. The fourth-order valence-electron chi connectivity index (χ4n) is 3.62. The average Bonchev–Trinajstić information content (AvgIpc) is 3.16. The molecular weight excluding hydrogens is 521 g/mol. The molecule has 0 saturated carbocycles. The number of benzene rings is 2. The minimum Gasteiger partial charge on any atom is -0.462 e. The molecule has 1 heterocycles. The molecule has 35 heavy (non-hydrogen) atoms. The maximum absolute atomic E-state index is 13.7. The minimum atomic E-state index is -2.76. The summed E-state index contributed by atoms with van der Waals surface area (Å²) >= 11 is 18.4. The third-order valence-electron chi connectivity index (χ3n) is 4.94. The molecule has 184 valence electrons. The third kappa shape index (κ3) is 5.00. The van der Waals surface area contributed by atoms with Crippen molar-refractivity contribution in [2.45, 2.75) is 26.4 Å². The van der Waals surface area contributed by atoms with Crippen LogP contribution in [0.5, 0.6) is 0 Å². The second-order valence-electron chi connectivity index (χ2n) is 7.23. The number of nitrogens with one attached hydrogen (secondary N) is 1. The molecule has 0 aliphatic carbocycles. The Kier molecular flexibility index (Phi) is 8.10. The van der Waals surface area contributed by atoms with Gasteiger partial charge in [-0.05, 0) is 44.2 Å². The topological polar surface area (TPSA) is 112 Å². The number of hydrogen-bond donors (Lipinski definition) is 1. The predicted octanol–water partition coefficient (Wildman–Crippen LogP) is 5.24. The average molecular weight is 541 g/mol. The van der Waals surface area contributed by atoms with Gasteiger partial charge in [0.2, 0.25) is 5.78 Å². The number of halogens is 3. The van der Waals surface area contributed by atoms with Crippen LogP contribution in [0.4, 0.5) is 0 Å². The van der Waals surface area contributed by atoms with Crippen molar-refractivity contribution < 1.29 is 33.4 Å². The monoisotopic (exact) mass is 539 g/mol. The Hall–Kier alpha value is -3.07. The van der Waals surface area contributed by atoms with Crippen LogP contribution in [-0.2, 0) is 34.2 Å². The Balaban J connectivity index is 2.46. The summed E-state index contributed by atoms with van der Waals surface area (Å²) in [5.41, 5.74) is -2.99. The van der Waals surface area contributed by atoms with Gasteiger partial charge in [0.1, 0.15) is 0 Å². The third-order valence-corrected chi connectivity index (χ3v) is 5.72.